The molecule has 2 N–H and O–H groups in total. The quantitative estimate of drug-likeness (QED) is 0.915. The van der Waals surface area contributed by atoms with Crippen LogP contribution in [-0.2, 0) is 4.79 Å². The topological polar surface area (TPSA) is 61.0 Å². The number of hydrogen-bond acceptors (Lipinski definition) is 3. The summed E-state index contributed by atoms with van der Waals surface area (Å²) >= 11 is 0. The van der Waals surface area contributed by atoms with Gasteiger partial charge in [0.1, 0.15) is 0 Å². The van der Waals surface area contributed by atoms with Gasteiger partial charge in [-0.3, -0.25) is 14.8 Å². The van der Waals surface area contributed by atoms with Gasteiger partial charge in [0.25, 0.3) is 0 Å². The van der Waals surface area contributed by atoms with E-state index in [1.165, 1.54) is 32.1 Å². The van der Waals surface area contributed by atoms with Gasteiger partial charge in [0, 0.05) is 30.2 Å². The maximum atomic E-state index is 12.5. The van der Waals surface area contributed by atoms with E-state index in [1.54, 1.807) is 0 Å². The molecular weight excluding hydrogens is 288 g/mol. The lowest BCUT2D eigenvalue weighted by molar-refractivity contribution is -0.126. The molecule has 2 aromatic rings. The molecule has 2 heterocycles. The van der Waals surface area contributed by atoms with Crippen molar-refractivity contribution in [2.75, 3.05) is 18.4 Å². The average molecular weight is 312 g/mol. The van der Waals surface area contributed by atoms with Crippen LogP contribution in [0.2, 0.25) is 0 Å². The molecule has 2 aliphatic rings. The first-order valence-electron chi connectivity index (χ1n) is 8.69. The normalized spacial score (nSPS) is 20.6. The zero-order chi connectivity index (χ0) is 15.8. The number of carbonyl (C=O) groups excluding carboxylic acids is 1. The van der Waals surface area contributed by atoms with Gasteiger partial charge in [-0.1, -0.05) is 19.3 Å². The number of amides is 1. The molecule has 0 unspecified atom stereocenters. The highest BCUT2D eigenvalue weighted by Crippen LogP contribution is 2.29. The Kier molecular flexibility index (Phi) is 3.81. The number of nitrogens with one attached hydrogen (secondary N) is 2. The SMILES string of the molecule is Cc1cc2cn[nH]c2cc1NC(=O)C1CN(C2CCCCC2)C1. The van der Waals surface area contributed by atoms with Crippen molar-refractivity contribution in [3.8, 4) is 0 Å². The molecule has 2 fully saturated rings. The smallest absolute Gasteiger partial charge is 0.230 e. The lowest BCUT2D eigenvalue weighted by Gasteiger charge is -2.45. The molecule has 1 aliphatic heterocycles. The number of anilines is 1. The van der Waals surface area contributed by atoms with Crippen molar-refractivity contribution in [2.45, 2.75) is 45.1 Å². The monoisotopic (exact) mass is 312 g/mol. The summed E-state index contributed by atoms with van der Waals surface area (Å²) in [5.41, 5.74) is 2.93. The number of aryl methyl sites for hydroxylation is 1. The van der Waals surface area contributed by atoms with Crippen molar-refractivity contribution >= 4 is 22.5 Å². The maximum absolute atomic E-state index is 12.5. The zero-order valence-corrected chi connectivity index (χ0v) is 13.6. The highest BCUT2D eigenvalue weighted by atomic mass is 16.2. The second-order valence-corrected chi connectivity index (χ2v) is 7.06. The highest BCUT2D eigenvalue weighted by molar-refractivity contribution is 5.96. The molecule has 122 valence electrons. The van der Waals surface area contributed by atoms with Crippen LogP contribution in [-0.4, -0.2) is 40.1 Å². The number of hydrogen-bond donors (Lipinski definition) is 2. The number of rotatable bonds is 3. The van der Waals surface area contributed by atoms with Crippen LogP contribution in [0.3, 0.4) is 0 Å². The highest BCUT2D eigenvalue weighted by Gasteiger charge is 2.37. The largest absolute Gasteiger partial charge is 0.325 e. The third kappa shape index (κ3) is 2.85. The molecule has 1 saturated heterocycles. The summed E-state index contributed by atoms with van der Waals surface area (Å²) in [4.78, 5) is 15.0. The van der Waals surface area contributed by atoms with E-state index >= 15 is 0 Å². The van der Waals surface area contributed by atoms with Crippen LogP contribution in [0.15, 0.2) is 18.3 Å². The molecule has 1 aliphatic carbocycles. The molecule has 4 rings (SSSR count). The molecule has 5 nitrogen and oxygen atoms in total. The minimum Gasteiger partial charge on any atom is -0.325 e. The number of aromatic amines is 1. The van der Waals surface area contributed by atoms with Crippen LogP contribution >= 0.6 is 0 Å². The second-order valence-electron chi connectivity index (χ2n) is 7.06. The Labute approximate surface area is 136 Å². The van der Waals surface area contributed by atoms with E-state index in [4.69, 9.17) is 0 Å². The van der Waals surface area contributed by atoms with E-state index in [1.807, 2.05) is 19.2 Å². The van der Waals surface area contributed by atoms with Gasteiger partial charge in [-0.2, -0.15) is 5.10 Å². The molecule has 5 heteroatoms. The first kappa shape index (κ1) is 14.7. The Morgan fingerprint density at radius 3 is 2.83 bits per heavy atom. The molecule has 1 saturated carbocycles. The first-order chi connectivity index (χ1) is 11.2. The summed E-state index contributed by atoms with van der Waals surface area (Å²) in [6.07, 6.45) is 8.50. The minimum absolute atomic E-state index is 0.133. The summed E-state index contributed by atoms with van der Waals surface area (Å²) in [5.74, 6) is 0.285. The van der Waals surface area contributed by atoms with Gasteiger partial charge in [-0.15, -0.1) is 0 Å². The molecule has 1 aromatic heterocycles. The molecule has 0 spiro atoms. The predicted octanol–water partition coefficient (Wildman–Crippen LogP) is 3.07. The zero-order valence-electron chi connectivity index (χ0n) is 13.6. The van der Waals surface area contributed by atoms with Crippen LogP contribution in [0.25, 0.3) is 10.9 Å². The van der Waals surface area contributed by atoms with E-state index in [2.05, 4.69) is 26.5 Å². The summed E-state index contributed by atoms with van der Waals surface area (Å²) in [6, 6.07) is 4.76. The van der Waals surface area contributed by atoms with Crippen LogP contribution in [0, 0.1) is 12.8 Å². The van der Waals surface area contributed by atoms with Gasteiger partial charge in [-0.25, -0.2) is 0 Å². The molecule has 0 atom stereocenters. The van der Waals surface area contributed by atoms with Gasteiger partial charge in [-0.05, 0) is 37.5 Å². The predicted molar refractivity (Wildman–Crippen MR) is 91.4 cm³/mol. The van der Waals surface area contributed by atoms with Gasteiger partial charge in [0.2, 0.25) is 5.91 Å². The average Bonchev–Trinajstić information content (AvgIpc) is 2.94. The Morgan fingerprint density at radius 2 is 2.04 bits per heavy atom. The molecule has 0 bridgehead atoms. The number of nitrogens with zero attached hydrogens (tertiary/aromatic N) is 2. The fraction of sp³-hybridized carbons (Fsp3) is 0.556. The number of benzene rings is 1. The number of H-pyrrole nitrogens is 1. The van der Waals surface area contributed by atoms with Crippen LogP contribution < -0.4 is 5.32 Å². The lowest BCUT2D eigenvalue weighted by Crippen LogP contribution is -2.56. The number of likely N-dealkylation sites (tertiary alicyclic amines) is 1. The van der Waals surface area contributed by atoms with Crippen molar-refractivity contribution in [2.24, 2.45) is 5.92 Å². The molecule has 1 aromatic carbocycles. The third-order valence-corrected chi connectivity index (χ3v) is 5.41. The fourth-order valence-electron chi connectivity index (χ4n) is 3.90. The van der Waals surface area contributed by atoms with E-state index in [0.29, 0.717) is 0 Å². The van der Waals surface area contributed by atoms with Crippen molar-refractivity contribution < 1.29 is 4.79 Å². The summed E-state index contributed by atoms with van der Waals surface area (Å²) in [5, 5.41) is 11.2. The van der Waals surface area contributed by atoms with Crippen molar-refractivity contribution in [1.82, 2.24) is 15.1 Å². The van der Waals surface area contributed by atoms with Crippen LogP contribution in [0.5, 0.6) is 0 Å². The van der Waals surface area contributed by atoms with Crippen molar-refractivity contribution in [3.05, 3.63) is 23.9 Å². The third-order valence-electron chi connectivity index (χ3n) is 5.41. The lowest BCUT2D eigenvalue weighted by atomic mass is 9.88. The van der Waals surface area contributed by atoms with Gasteiger partial charge >= 0.3 is 0 Å². The summed E-state index contributed by atoms with van der Waals surface area (Å²) in [7, 11) is 0. The minimum atomic E-state index is 0.133. The Balaban J connectivity index is 1.37. The number of fused-ring (bicyclic) bond motifs is 1. The van der Waals surface area contributed by atoms with E-state index in [0.717, 1.165) is 41.3 Å². The van der Waals surface area contributed by atoms with Gasteiger partial charge in [0.05, 0.1) is 17.6 Å². The number of aromatic nitrogens is 2. The Bertz CT molecular complexity index is 711. The summed E-state index contributed by atoms with van der Waals surface area (Å²) in [6.45, 7) is 3.86. The standard InChI is InChI=1S/C18H24N4O/c1-12-7-13-9-19-21-17(13)8-16(12)20-18(23)14-10-22(11-14)15-5-3-2-4-6-15/h7-9,14-15H,2-6,10-11H2,1H3,(H,19,21)(H,20,23). The Hall–Kier alpha value is -1.88. The van der Waals surface area contributed by atoms with E-state index in [9.17, 15) is 4.79 Å². The van der Waals surface area contributed by atoms with Gasteiger partial charge < -0.3 is 5.32 Å². The molecular formula is C18H24N4O. The van der Waals surface area contributed by atoms with Crippen LogP contribution in [0.1, 0.15) is 37.7 Å². The van der Waals surface area contributed by atoms with Crippen molar-refractivity contribution in [1.29, 1.82) is 0 Å². The maximum Gasteiger partial charge on any atom is 0.230 e. The molecule has 0 radical (unpaired) electrons. The van der Waals surface area contributed by atoms with E-state index in [-0.39, 0.29) is 11.8 Å². The van der Waals surface area contributed by atoms with Crippen LogP contribution in [0.4, 0.5) is 5.69 Å². The molecule has 1 amide bonds. The summed E-state index contributed by atoms with van der Waals surface area (Å²) < 4.78 is 0. The fourth-order valence-corrected chi connectivity index (χ4v) is 3.90. The first-order valence-corrected chi connectivity index (χ1v) is 8.69. The van der Waals surface area contributed by atoms with E-state index < -0.39 is 0 Å². The Morgan fingerprint density at radius 1 is 1.26 bits per heavy atom. The van der Waals surface area contributed by atoms with Crippen molar-refractivity contribution in [3.63, 3.8) is 0 Å². The second kappa shape index (κ2) is 5.96. The molecule has 23 heavy (non-hydrogen) atoms. The van der Waals surface area contributed by atoms with Gasteiger partial charge in [0.15, 0.2) is 0 Å². The number of carbonyl (C=O) groups is 1.